The van der Waals surface area contributed by atoms with E-state index in [4.69, 9.17) is 16.0 Å². The fraction of sp³-hybridized carbons (Fsp3) is 0.167. The minimum atomic E-state index is -4.72. The zero-order valence-corrected chi connectivity index (χ0v) is 12.1. The smallest absolute Gasteiger partial charge is 0.448 e. The average molecular weight is 371 g/mol. The lowest BCUT2D eigenvalue weighted by Gasteiger charge is -2.12. The molecule has 0 saturated carbocycles. The monoisotopic (exact) mass is 369 g/mol. The maximum absolute atomic E-state index is 12.1. The van der Waals surface area contributed by atoms with Gasteiger partial charge in [-0.25, -0.2) is 0 Å². The summed E-state index contributed by atoms with van der Waals surface area (Å²) in [6.07, 6.45) is -4.72. The Morgan fingerprint density at radius 1 is 1.25 bits per heavy atom. The summed E-state index contributed by atoms with van der Waals surface area (Å²) in [6, 6.07) is 7.47. The van der Waals surface area contributed by atoms with Gasteiger partial charge in [0.05, 0.1) is 11.0 Å². The highest BCUT2D eigenvalue weighted by Gasteiger charge is 2.31. The zero-order chi connectivity index (χ0) is 14.8. The molecular weight excluding hydrogens is 362 g/mol. The Morgan fingerprint density at radius 2 is 2.00 bits per heavy atom. The quantitative estimate of drug-likeness (QED) is 0.802. The third-order valence-electron chi connectivity index (χ3n) is 2.25. The van der Waals surface area contributed by atoms with Gasteiger partial charge >= 0.3 is 6.36 Å². The van der Waals surface area contributed by atoms with Crippen molar-refractivity contribution in [3.63, 3.8) is 0 Å². The molecule has 0 saturated heterocycles. The number of hydrogen-bond donors (Lipinski definition) is 1. The second-order valence-electron chi connectivity index (χ2n) is 3.75. The molecule has 2 aromatic rings. The van der Waals surface area contributed by atoms with Crippen LogP contribution in [0.15, 0.2) is 39.2 Å². The van der Waals surface area contributed by atoms with Crippen LogP contribution in [0, 0.1) is 0 Å². The van der Waals surface area contributed by atoms with E-state index in [0.717, 1.165) is 0 Å². The van der Waals surface area contributed by atoms with E-state index >= 15 is 0 Å². The molecule has 0 fully saturated rings. The summed E-state index contributed by atoms with van der Waals surface area (Å²) in [4.78, 5) is 0. The van der Waals surface area contributed by atoms with E-state index in [0.29, 0.717) is 18.0 Å². The minimum Gasteiger partial charge on any atom is -0.448 e. The summed E-state index contributed by atoms with van der Waals surface area (Å²) in [5.74, 6) is 0.311. The molecular formula is C12H8BrClF3NO2. The van der Waals surface area contributed by atoms with Crippen molar-refractivity contribution in [2.24, 2.45) is 0 Å². The van der Waals surface area contributed by atoms with Gasteiger partial charge < -0.3 is 14.5 Å². The van der Waals surface area contributed by atoms with E-state index in [1.165, 1.54) is 18.2 Å². The first-order valence-corrected chi connectivity index (χ1v) is 6.54. The van der Waals surface area contributed by atoms with Crippen molar-refractivity contribution >= 4 is 33.2 Å². The van der Waals surface area contributed by atoms with Gasteiger partial charge in [-0.1, -0.05) is 0 Å². The SMILES string of the molecule is FC(F)(F)Oc1ccc(NCc2ccc(Cl)o2)cc1Br. The summed E-state index contributed by atoms with van der Waals surface area (Å²) in [5.41, 5.74) is 0.610. The lowest BCUT2D eigenvalue weighted by molar-refractivity contribution is -0.274. The van der Waals surface area contributed by atoms with Crippen molar-refractivity contribution in [1.82, 2.24) is 0 Å². The second-order valence-corrected chi connectivity index (χ2v) is 4.98. The number of halogens is 5. The topological polar surface area (TPSA) is 34.4 Å². The Balaban J connectivity index is 2.01. The van der Waals surface area contributed by atoms with Gasteiger partial charge in [0.15, 0.2) is 5.22 Å². The van der Waals surface area contributed by atoms with Gasteiger partial charge in [0.1, 0.15) is 11.5 Å². The summed E-state index contributed by atoms with van der Waals surface area (Å²) >= 11 is 8.65. The normalized spacial score (nSPS) is 11.4. The number of nitrogens with one attached hydrogen (secondary N) is 1. The number of ether oxygens (including phenoxy) is 1. The van der Waals surface area contributed by atoms with E-state index in [2.05, 4.69) is 26.0 Å². The molecule has 2 rings (SSSR count). The molecule has 1 aromatic heterocycles. The van der Waals surface area contributed by atoms with E-state index in [1.807, 2.05) is 0 Å². The molecule has 3 nitrogen and oxygen atoms in total. The predicted molar refractivity (Wildman–Crippen MR) is 71.9 cm³/mol. The van der Waals surface area contributed by atoms with Gasteiger partial charge in [-0.15, -0.1) is 13.2 Å². The first-order valence-electron chi connectivity index (χ1n) is 5.37. The van der Waals surface area contributed by atoms with Gasteiger partial charge in [-0.3, -0.25) is 0 Å². The van der Waals surface area contributed by atoms with Crippen molar-refractivity contribution in [3.05, 3.63) is 45.8 Å². The van der Waals surface area contributed by atoms with Crippen LogP contribution in [0.4, 0.5) is 18.9 Å². The van der Waals surface area contributed by atoms with Crippen LogP contribution in [0.25, 0.3) is 0 Å². The third kappa shape index (κ3) is 4.35. The van der Waals surface area contributed by atoms with E-state index in [9.17, 15) is 13.2 Å². The number of alkyl halides is 3. The summed E-state index contributed by atoms with van der Waals surface area (Å²) in [7, 11) is 0. The van der Waals surface area contributed by atoms with Gasteiger partial charge in [-0.05, 0) is 57.9 Å². The maximum atomic E-state index is 12.1. The van der Waals surface area contributed by atoms with Crippen molar-refractivity contribution in [3.8, 4) is 5.75 Å². The molecule has 0 aliphatic carbocycles. The summed E-state index contributed by atoms with van der Waals surface area (Å²) < 4.78 is 45.5. The zero-order valence-electron chi connectivity index (χ0n) is 9.80. The van der Waals surface area contributed by atoms with Gasteiger partial charge in [0.25, 0.3) is 0 Å². The van der Waals surface area contributed by atoms with E-state index < -0.39 is 6.36 Å². The molecule has 0 spiro atoms. The molecule has 1 N–H and O–H groups in total. The molecule has 0 aliphatic heterocycles. The first-order chi connectivity index (χ1) is 9.33. The molecule has 0 atom stereocenters. The largest absolute Gasteiger partial charge is 0.573 e. The van der Waals surface area contributed by atoms with Crippen LogP contribution < -0.4 is 10.1 Å². The fourth-order valence-corrected chi connectivity index (χ4v) is 2.08. The molecule has 20 heavy (non-hydrogen) atoms. The number of furan rings is 1. The standard InChI is InChI=1S/C12H8BrClF3NO2/c13-9-5-7(1-3-10(9)20-12(15,16)17)18-6-8-2-4-11(14)19-8/h1-5,18H,6H2. The highest BCUT2D eigenvalue weighted by Crippen LogP contribution is 2.32. The van der Waals surface area contributed by atoms with Crippen molar-refractivity contribution in [2.45, 2.75) is 12.9 Å². The number of rotatable bonds is 4. The van der Waals surface area contributed by atoms with Gasteiger partial charge in [0.2, 0.25) is 0 Å². The van der Waals surface area contributed by atoms with Gasteiger partial charge in [0, 0.05) is 5.69 Å². The number of benzene rings is 1. The van der Waals surface area contributed by atoms with Gasteiger partial charge in [-0.2, -0.15) is 0 Å². The van der Waals surface area contributed by atoms with Crippen molar-refractivity contribution in [2.75, 3.05) is 5.32 Å². The first kappa shape index (κ1) is 15.1. The van der Waals surface area contributed by atoms with Crippen LogP contribution in [-0.2, 0) is 6.54 Å². The highest BCUT2D eigenvalue weighted by molar-refractivity contribution is 9.10. The summed E-state index contributed by atoms with van der Waals surface area (Å²) in [6.45, 7) is 0.360. The molecule has 108 valence electrons. The average Bonchev–Trinajstić information content (AvgIpc) is 2.74. The minimum absolute atomic E-state index is 0.192. The third-order valence-corrected chi connectivity index (χ3v) is 3.08. The van der Waals surface area contributed by atoms with Crippen LogP contribution >= 0.6 is 27.5 Å². The number of hydrogen-bond acceptors (Lipinski definition) is 3. The summed E-state index contributed by atoms with van der Waals surface area (Å²) in [5, 5.41) is 3.26. The Labute approximate surface area is 125 Å². The van der Waals surface area contributed by atoms with Crippen LogP contribution in [0.2, 0.25) is 5.22 Å². The predicted octanol–water partition coefficient (Wildman–Crippen LogP) is 5.21. The van der Waals surface area contributed by atoms with E-state index in [-0.39, 0.29) is 15.4 Å². The highest BCUT2D eigenvalue weighted by atomic mass is 79.9. The molecule has 0 unspecified atom stereocenters. The second kappa shape index (κ2) is 5.97. The molecule has 0 bridgehead atoms. The number of anilines is 1. The van der Waals surface area contributed by atoms with Crippen LogP contribution in [-0.4, -0.2) is 6.36 Å². The maximum Gasteiger partial charge on any atom is 0.573 e. The van der Waals surface area contributed by atoms with Crippen LogP contribution in [0.3, 0.4) is 0 Å². The van der Waals surface area contributed by atoms with Crippen LogP contribution in [0.5, 0.6) is 5.75 Å². The van der Waals surface area contributed by atoms with Crippen molar-refractivity contribution < 1.29 is 22.3 Å². The Hall–Kier alpha value is -1.34. The molecule has 8 heteroatoms. The lowest BCUT2D eigenvalue weighted by atomic mass is 10.3. The molecule has 1 heterocycles. The Bertz CT molecular complexity index is 601. The fourth-order valence-electron chi connectivity index (χ4n) is 1.45. The van der Waals surface area contributed by atoms with E-state index in [1.54, 1.807) is 12.1 Å². The molecule has 0 radical (unpaired) electrons. The lowest BCUT2D eigenvalue weighted by Crippen LogP contribution is -2.17. The van der Waals surface area contributed by atoms with Crippen LogP contribution in [0.1, 0.15) is 5.76 Å². The molecule has 0 amide bonds. The molecule has 0 aliphatic rings. The Morgan fingerprint density at radius 3 is 2.55 bits per heavy atom. The molecule has 1 aromatic carbocycles. The Kier molecular flexibility index (Phi) is 4.49. The van der Waals surface area contributed by atoms with Crippen molar-refractivity contribution in [1.29, 1.82) is 0 Å².